The molecule has 2 aliphatic heterocycles. The zero-order chi connectivity index (χ0) is 13.4. The largest absolute Gasteiger partial charge is 0.376 e. The Balaban J connectivity index is 1.74. The molecule has 3 heterocycles. The maximum Gasteiger partial charge on any atom is 0.229 e. The van der Waals surface area contributed by atoms with E-state index in [-0.39, 0.29) is 17.9 Å². The molecule has 2 fully saturated rings. The van der Waals surface area contributed by atoms with Gasteiger partial charge in [0.2, 0.25) is 5.91 Å². The normalized spacial score (nSPS) is 30.5. The van der Waals surface area contributed by atoms with Gasteiger partial charge in [-0.25, -0.2) is 0 Å². The highest BCUT2D eigenvalue weighted by Gasteiger charge is 2.48. The Labute approximate surface area is 118 Å². The average molecular weight is 280 g/mol. The Morgan fingerprint density at radius 2 is 2.42 bits per heavy atom. The monoisotopic (exact) mass is 280 g/mol. The number of thiophene rings is 1. The van der Waals surface area contributed by atoms with Crippen LogP contribution in [0.25, 0.3) is 0 Å². The molecule has 2 saturated heterocycles. The van der Waals surface area contributed by atoms with Crippen molar-refractivity contribution in [1.82, 2.24) is 9.80 Å². The summed E-state index contributed by atoms with van der Waals surface area (Å²) < 4.78 is 5.82. The van der Waals surface area contributed by atoms with Gasteiger partial charge < -0.3 is 9.64 Å². The first-order valence-electron chi connectivity index (χ1n) is 6.74. The Hall–Kier alpha value is -0.910. The molecule has 2 aliphatic rings. The van der Waals surface area contributed by atoms with Crippen molar-refractivity contribution < 1.29 is 9.53 Å². The third-order valence-corrected chi connectivity index (χ3v) is 4.86. The van der Waals surface area contributed by atoms with Crippen LogP contribution >= 0.6 is 11.3 Å². The van der Waals surface area contributed by atoms with E-state index in [2.05, 4.69) is 21.7 Å². The SMILES string of the molecule is CN(C)C(=O)[C@@H]1CN(Cc2ccsc2)[C@H]2CCO[C@@H]12. The summed E-state index contributed by atoms with van der Waals surface area (Å²) in [5.74, 6) is 0.200. The second-order valence-corrected chi connectivity index (χ2v) is 6.37. The number of ether oxygens (including phenoxy) is 1. The number of rotatable bonds is 3. The number of nitrogens with zero attached hydrogens (tertiary/aromatic N) is 2. The molecular weight excluding hydrogens is 260 g/mol. The fourth-order valence-electron chi connectivity index (χ4n) is 3.22. The summed E-state index contributed by atoms with van der Waals surface area (Å²) in [5, 5.41) is 4.29. The second-order valence-electron chi connectivity index (χ2n) is 5.59. The molecule has 0 spiro atoms. The zero-order valence-corrected chi connectivity index (χ0v) is 12.2. The smallest absolute Gasteiger partial charge is 0.229 e. The molecule has 1 aromatic heterocycles. The highest BCUT2D eigenvalue weighted by molar-refractivity contribution is 7.07. The van der Waals surface area contributed by atoms with Crippen LogP contribution in [0.2, 0.25) is 0 Å². The molecule has 104 valence electrons. The van der Waals surface area contributed by atoms with E-state index < -0.39 is 0 Å². The molecular formula is C14H20N2O2S. The fraction of sp³-hybridized carbons (Fsp3) is 0.643. The van der Waals surface area contributed by atoms with Gasteiger partial charge in [-0.1, -0.05) is 0 Å². The van der Waals surface area contributed by atoms with Gasteiger partial charge >= 0.3 is 0 Å². The quantitative estimate of drug-likeness (QED) is 0.839. The van der Waals surface area contributed by atoms with Gasteiger partial charge in [-0.15, -0.1) is 0 Å². The molecule has 4 nitrogen and oxygen atoms in total. The Morgan fingerprint density at radius 1 is 1.58 bits per heavy atom. The summed E-state index contributed by atoms with van der Waals surface area (Å²) in [6, 6.07) is 2.57. The second kappa shape index (κ2) is 5.23. The summed E-state index contributed by atoms with van der Waals surface area (Å²) in [7, 11) is 3.65. The van der Waals surface area contributed by atoms with Crippen molar-refractivity contribution in [2.24, 2.45) is 5.92 Å². The van der Waals surface area contributed by atoms with E-state index in [9.17, 15) is 4.79 Å². The molecule has 0 unspecified atom stereocenters. The first-order valence-corrected chi connectivity index (χ1v) is 7.69. The van der Waals surface area contributed by atoms with Gasteiger partial charge in [0.05, 0.1) is 12.0 Å². The van der Waals surface area contributed by atoms with Gasteiger partial charge in [0, 0.05) is 39.8 Å². The van der Waals surface area contributed by atoms with E-state index in [1.807, 2.05) is 14.1 Å². The van der Waals surface area contributed by atoms with Crippen LogP contribution in [0.4, 0.5) is 0 Å². The first-order chi connectivity index (χ1) is 9.16. The zero-order valence-electron chi connectivity index (χ0n) is 11.4. The number of hydrogen-bond acceptors (Lipinski definition) is 4. The van der Waals surface area contributed by atoms with E-state index in [4.69, 9.17) is 4.74 Å². The fourth-order valence-corrected chi connectivity index (χ4v) is 3.88. The standard InChI is InChI=1S/C14H20N2O2S/c1-15(2)14(17)11-8-16(7-10-4-6-19-9-10)12-3-5-18-13(11)12/h4,6,9,11-13H,3,5,7-8H2,1-2H3/t11-,12+,13+/m1/s1. The van der Waals surface area contributed by atoms with E-state index >= 15 is 0 Å². The Morgan fingerprint density at radius 3 is 3.11 bits per heavy atom. The minimum absolute atomic E-state index is 0.00105. The van der Waals surface area contributed by atoms with Crippen molar-refractivity contribution in [3.63, 3.8) is 0 Å². The molecule has 0 N–H and O–H groups in total. The number of fused-ring (bicyclic) bond motifs is 1. The Kier molecular flexibility index (Phi) is 3.60. The molecule has 3 atom stereocenters. The van der Waals surface area contributed by atoms with Crippen molar-refractivity contribution in [3.05, 3.63) is 22.4 Å². The lowest BCUT2D eigenvalue weighted by atomic mass is 10.0. The highest BCUT2D eigenvalue weighted by atomic mass is 32.1. The van der Waals surface area contributed by atoms with Gasteiger partial charge in [-0.05, 0) is 28.8 Å². The lowest BCUT2D eigenvalue weighted by molar-refractivity contribution is -0.135. The van der Waals surface area contributed by atoms with Crippen molar-refractivity contribution in [2.45, 2.75) is 25.1 Å². The Bertz CT molecular complexity index is 446. The molecule has 19 heavy (non-hydrogen) atoms. The van der Waals surface area contributed by atoms with Crippen molar-refractivity contribution in [1.29, 1.82) is 0 Å². The van der Waals surface area contributed by atoms with E-state index in [1.54, 1.807) is 16.2 Å². The van der Waals surface area contributed by atoms with Gasteiger partial charge in [0.1, 0.15) is 0 Å². The van der Waals surface area contributed by atoms with Gasteiger partial charge in [-0.3, -0.25) is 9.69 Å². The molecule has 3 rings (SSSR count). The van der Waals surface area contributed by atoms with E-state index in [1.165, 1.54) is 5.56 Å². The maximum absolute atomic E-state index is 12.3. The average Bonchev–Trinajstić information content (AvgIpc) is 3.07. The van der Waals surface area contributed by atoms with Crippen LogP contribution in [0.15, 0.2) is 16.8 Å². The van der Waals surface area contributed by atoms with Crippen molar-refractivity contribution >= 4 is 17.2 Å². The molecule has 0 bridgehead atoms. The van der Waals surface area contributed by atoms with Gasteiger partial charge in [0.25, 0.3) is 0 Å². The van der Waals surface area contributed by atoms with Crippen LogP contribution in [0.5, 0.6) is 0 Å². The van der Waals surface area contributed by atoms with Crippen LogP contribution < -0.4 is 0 Å². The molecule has 1 aromatic rings. The molecule has 0 saturated carbocycles. The summed E-state index contributed by atoms with van der Waals surface area (Å²) >= 11 is 1.73. The third-order valence-electron chi connectivity index (χ3n) is 4.12. The number of hydrogen-bond donors (Lipinski definition) is 0. The van der Waals surface area contributed by atoms with Crippen LogP contribution in [0.3, 0.4) is 0 Å². The minimum Gasteiger partial charge on any atom is -0.376 e. The van der Waals surface area contributed by atoms with Crippen molar-refractivity contribution in [3.8, 4) is 0 Å². The van der Waals surface area contributed by atoms with Crippen LogP contribution in [-0.4, -0.2) is 55.1 Å². The van der Waals surface area contributed by atoms with Crippen LogP contribution in [0.1, 0.15) is 12.0 Å². The summed E-state index contributed by atoms with van der Waals surface area (Å²) in [5.41, 5.74) is 1.34. The van der Waals surface area contributed by atoms with E-state index in [0.717, 1.165) is 26.1 Å². The number of amides is 1. The summed E-state index contributed by atoms with van der Waals surface area (Å²) in [4.78, 5) is 16.4. The predicted octanol–water partition coefficient (Wildman–Crippen LogP) is 1.43. The van der Waals surface area contributed by atoms with Crippen LogP contribution in [-0.2, 0) is 16.1 Å². The van der Waals surface area contributed by atoms with Crippen molar-refractivity contribution in [2.75, 3.05) is 27.2 Å². The topological polar surface area (TPSA) is 32.8 Å². The number of likely N-dealkylation sites (tertiary alicyclic amines) is 1. The van der Waals surface area contributed by atoms with Gasteiger partial charge in [0.15, 0.2) is 0 Å². The number of carbonyl (C=O) groups is 1. The molecule has 0 aromatic carbocycles. The molecule has 1 amide bonds. The first kappa shape index (κ1) is 13.1. The van der Waals surface area contributed by atoms with Gasteiger partial charge in [-0.2, -0.15) is 11.3 Å². The molecule has 0 radical (unpaired) electrons. The van der Waals surface area contributed by atoms with Crippen LogP contribution in [0, 0.1) is 5.92 Å². The summed E-state index contributed by atoms with van der Waals surface area (Å²) in [6.45, 7) is 2.54. The predicted molar refractivity (Wildman–Crippen MR) is 75.1 cm³/mol. The third kappa shape index (κ3) is 2.42. The molecule has 5 heteroatoms. The summed E-state index contributed by atoms with van der Waals surface area (Å²) in [6.07, 6.45) is 1.14. The lowest BCUT2D eigenvalue weighted by Gasteiger charge is -2.21. The maximum atomic E-state index is 12.3. The number of carbonyl (C=O) groups excluding carboxylic acids is 1. The minimum atomic E-state index is 0.00105. The molecule has 0 aliphatic carbocycles. The van der Waals surface area contributed by atoms with E-state index in [0.29, 0.717) is 6.04 Å². The highest BCUT2D eigenvalue weighted by Crippen LogP contribution is 2.35. The lowest BCUT2D eigenvalue weighted by Crippen LogP contribution is -2.37.